The summed E-state index contributed by atoms with van der Waals surface area (Å²) >= 11 is 0. The molecule has 104 valence electrons. The molecule has 2 aromatic carbocycles. The maximum atomic E-state index is 12.4. The van der Waals surface area contributed by atoms with Gasteiger partial charge in [-0.15, -0.1) is 0 Å². The van der Waals surface area contributed by atoms with Gasteiger partial charge in [-0.25, -0.2) is 0 Å². The van der Waals surface area contributed by atoms with Crippen molar-refractivity contribution < 1.29 is 8.95 Å². The van der Waals surface area contributed by atoms with E-state index < -0.39 is 10.8 Å². The molecule has 1 aliphatic heterocycles. The van der Waals surface area contributed by atoms with E-state index in [0.29, 0.717) is 5.75 Å². The van der Waals surface area contributed by atoms with Gasteiger partial charge in [0, 0.05) is 4.90 Å². The van der Waals surface area contributed by atoms with Crippen LogP contribution in [-0.2, 0) is 17.2 Å². The average Bonchev–Trinajstić information content (AvgIpc) is 2.48. The molecule has 2 aromatic rings. The van der Waals surface area contributed by atoms with Crippen molar-refractivity contribution in [3.8, 4) is 5.75 Å². The lowest BCUT2D eigenvalue weighted by Gasteiger charge is -2.25. The summed E-state index contributed by atoms with van der Waals surface area (Å²) in [5.74, 6) is 1.52. The highest BCUT2D eigenvalue weighted by molar-refractivity contribution is 7.85. The van der Waals surface area contributed by atoms with Gasteiger partial charge < -0.3 is 4.74 Å². The predicted molar refractivity (Wildman–Crippen MR) is 81.6 cm³/mol. The fraction of sp³-hybridized carbons (Fsp3) is 0.294. The lowest BCUT2D eigenvalue weighted by Crippen LogP contribution is -2.28. The molecule has 2 atom stereocenters. The van der Waals surface area contributed by atoms with E-state index in [1.165, 1.54) is 11.1 Å². The third-order valence-corrected chi connectivity index (χ3v) is 5.10. The van der Waals surface area contributed by atoms with Gasteiger partial charge in [-0.2, -0.15) is 0 Å². The van der Waals surface area contributed by atoms with Gasteiger partial charge in [-0.05, 0) is 43.5 Å². The number of rotatable bonds is 3. The Morgan fingerprint density at radius 2 is 1.90 bits per heavy atom. The quantitative estimate of drug-likeness (QED) is 0.863. The Morgan fingerprint density at radius 1 is 1.15 bits per heavy atom. The summed E-state index contributed by atoms with van der Waals surface area (Å²) in [6, 6.07) is 16.0. The molecule has 0 saturated heterocycles. The van der Waals surface area contributed by atoms with Gasteiger partial charge in [-0.3, -0.25) is 4.21 Å². The van der Waals surface area contributed by atoms with E-state index in [2.05, 4.69) is 6.07 Å². The van der Waals surface area contributed by atoms with Gasteiger partial charge in [0.15, 0.2) is 0 Å². The van der Waals surface area contributed by atoms with Gasteiger partial charge >= 0.3 is 0 Å². The van der Waals surface area contributed by atoms with Crippen LogP contribution in [0.2, 0.25) is 0 Å². The number of aryl methyl sites for hydroxylation is 2. The second-order valence-electron chi connectivity index (χ2n) is 5.21. The first kappa shape index (κ1) is 13.4. The summed E-state index contributed by atoms with van der Waals surface area (Å²) < 4.78 is 18.3. The highest BCUT2D eigenvalue weighted by Crippen LogP contribution is 2.27. The third-order valence-electron chi connectivity index (χ3n) is 3.62. The SMILES string of the molecule is Cc1ccc(S(=O)C[C@H]2CCc3ccccc3O2)cc1. The maximum absolute atomic E-state index is 12.4. The van der Waals surface area contributed by atoms with Crippen molar-refractivity contribution in [2.24, 2.45) is 0 Å². The molecular formula is C17H18O2S. The van der Waals surface area contributed by atoms with Gasteiger partial charge in [-0.1, -0.05) is 35.9 Å². The van der Waals surface area contributed by atoms with E-state index in [0.717, 1.165) is 23.5 Å². The number of fused-ring (bicyclic) bond motifs is 1. The van der Waals surface area contributed by atoms with Crippen molar-refractivity contribution in [3.05, 3.63) is 59.7 Å². The lowest BCUT2D eigenvalue weighted by molar-refractivity contribution is 0.196. The fourth-order valence-corrected chi connectivity index (χ4v) is 3.66. The Balaban J connectivity index is 1.67. The Bertz CT molecular complexity index is 619. The van der Waals surface area contributed by atoms with Crippen LogP contribution in [0.3, 0.4) is 0 Å². The van der Waals surface area contributed by atoms with E-state index in [-0.39, 0.29) is 6.10 Å². The topological polar surface area (TPSA) is 26.3 Å². The molecule has 3 rings (SSSR count). The summed E-state index contributed by atoms with van der Waals surface area (Å²) in [5.41, 5.74) is 2.44. The molecule has 1 unspecified atom stereocenters. The Kier molecular flexibility index (Phi) is 3.88. The van der Waals surface area contributed by atoms with Crippen LogP contribution >= 0.6 is 0 Å². The fourth-order valence-electron chi connectivity index (χ4n) is 2.45. The number of para-hydroxylation sites is 1. The van der Waals surface area contributed by atoms with E-state index in [1.54, 1.807) is 0 Å². The first-order valence-corrected chi connectivity index (χ1v) is 8.24. The zero-order chi connectivity index (χ0) is 13.9. The van der Waals surface area contributed by atoms with Crippen molar-refractivity contribution in [1.29, 1.82) is 0 Å². The Labute approximate surface area is 122 Å². The smallest absolute Gasteiger partial charge is 0.122 e. The van der Waals surface area contributed by atoms with Crippen LogP contribution in [0.5, 0.6) is 5.75 Å². The third kappa shape index (κ3) is 2.93. The predicted octanol–water partition coefficient (Wildman–Crippen LogP) is 3.50. The van der Waals surface area contributed by atoms with Crippen LogP contribution in [-0.4, -0.2) is 16.1 Å². The number of benzene rings is 2. The van der Waals surface area contributed by atoms with Crippen LogP contribution < -0.4 is 4.74 Å². The zero-order valence-electron chi connectivity index (χ0n) is 11.5. The van der Waals surface area contributed by atoms with Crippen molar-refractivity contribution in [2.75, 3.05) is 5.75 Å². The van der Waals surface area contributed by atoms with Crippen LogP contribution in [0.4, 0.5) is 0 Å². The van der Waals surface area contributed by atoms with Crippen molar-refractivity contribution in [2.45, 2.75) is 30.8 Å². The number of hydrogen-bond donors (Lipinski definition) is 0. The number of hydrogen-bond acceptors (Lipinski definition) is 2. The molecule has 0 saturated carbocycles. The molecule has 0 bridgehead atoms. The van der Waals surface area contributed by atoms with E-state index in [4.69, 9.17) is 4.74 Å². The first-order valence-electron chi connectivity index (χ1n) is 6.92. The minimum absolute atomic E-state index is 0.0482. The highest BCUT2D eigenvalue weighted by Gasteiger charge is 2.21. The zero-order valence-corrected chi connectivity index (χ0v) is 12.4. The van der Waals surface area contributed by atoms with E-state index in [1.807, 2.05) is 49.4 Å². The average molecular weight is 286 g/mol. The summed E-state index contributed by atoms with van der Waals surface area (Å²) in [6.45, 7) is 2.04. The molecule has 0 amide bonds. The lowest BCUT2D eigenvalue weighted by atomic mass is 10.0. The second-order valence-corrected chi connectivity index (χ2v) is 6.71. The molecule has 1 heterocycles. The minimum Gasteiger partial charge on any atom is -0.489 e. The summed E-state index contributed by atoms with van der Waals surface area (Å²) in [6.07, 6.45) is 1.99. The molecule has 0 aliphatic carbocycles. The van der Waals surface area contributed by atoms with Gasteiger partial charge in [0.05, 0.1) is 16.6 Å². The Hall–Kier alpha value is -1.61. The van der Waals surface area contributed by atoms with Crippen LogP contribution in [0, 0.1) is 6.92 Å². The van der Waals surface area contributed by atoms with Gasteiger partial charge in [0.25, 0.3) is 0 Å². The van der Waals surface area contributed by atoms with Crippen LogP contribution in [0.25, 0.3) is 0 Å². The van der Waals surface area contributed by atoms with Gasteiger partial charge in [0.1, 0.15) is 11.9 Å². The number of ether oxygens (including phenoxy) is 1. The molecular weight excluding hydrogens is 268 g/mol. The molecule has 0 fully saturated rings. The minimum atomic E-state index is -0.991. The van der Waals surface area contributed by atoms with Crippen molar-refractivity contribution in [3.63, 3.8) is 0 Å². The van der Waals surface area contributed by atoms with Crippen LogP contribution in [0.1, 0.15) is 17.5 Å². The Morgan fingerprint density at radius 3 is 2.70 bits per heavy atom. The van der Waals surface area contributed by atoms with E-state index >= 15 is 0 Å². The monoisotopic (exact) mass is 286 g/mol. The summed E-state index contributed by atoms with van der Waals surface area (Å²) in [4.78, 5) is 0.887. The van der Waals surface area contributed by atoms with Crippen molar-refractivity contribution >= 4 is 10.8 Å². The molecule has 0 radical (unpaired) electrons. The highest BCUT2D eigenvalue weighted by atomic mass is 32.2. The molecule has 3 heteroatoms. The standard InChI is InChI=1S/C17H18O2S/c1-13-6-10-16(11-7-13)20(18)12-15-9-8-14-4-2-3-5-17(14)19-15/h2-7,10-11,15H,8-9,12H2,1H3/t15-,20?/m1/s1. The first-order chi connectivity index (χ1) is 9.72. The molecule has 0 spiro atoms. The molecule has 20 heavy (non-hydrogen) atoms. The second kappa shape index (κ2) is 5.80. The molecule has 0 aromatic heterocycles. The largest absolute Gasteiger partial charge is 0.489 e. The maximum Gasteiger partial charge on any atom is 0.122 e. The van der Waals surface area contributed by atoms with Gasteiger partial charge in [0.2, 0.25) is 0 Å². The molecule has 2 nitrogen and oxygen atoms in total. The van der Waals surface area contributed by atoms with E-state index in [9.17, 15) is 4.21 Å². The summed E-state index contributed by atoms with van der Waals surface area (Å²) in [5, 5.41) is 0. The molecule has 1 aliphatic rings. The van der Waals surface area contributed by atoms with Crippen LogP contribution in [0.15, 0.2) is 53.4 Å². The summed E-state index contributed by atoms with van der Waals surface area (Å²) in [7, 11) is -0.991. The normalized spacial score (nSPS) is 18.9. The molecule has 0 N–H and O–H groups in total. The van der Waals surface area contributed by atoms with Crippen molar-refractivity contribution in [1.82, 2.24) is 0 Å².